The number of hydrogen-bond acceptors (Lipinski definition) is 5. The number of amides is 1. The van der Waals surface area contributed by atoms with Crippen LogP contribution in [0.25, 0.3) is 10.9 Å². The molecule has 0 saturated carbocycles. The van der Waals surface area contributed by atoms with Crippen LogP contribution in [0.5, 0.6) is 17.2 Å². The van der Waals surface area contributed by atoms with E-state index >= 15 is 0 Å². The van der Waals surface area contributed by atoms with Gasteiger partial charge in [0, 0.05) is 23.2 Å². The summed E-state index contributed by atoms with van der Waals surface area (Å²) in [4.78, 5) is 16.6. The maximum absolute atomic E-state index is 14.2. The van der Waals surface area contributed by atoms with Crippen LogP contribution < -0.4 is 14.8 Å². The summed E-state index contributed by atoms with van der Waals surface area (Å²) >= 11 is 5.83. The Morgan fingerprint density at radius 1 is 1.22 bits per heavy atom. The number of fused-ring (bicyclic) bond motifs is 1. The highest BCUT2D eigenvalue weighted by Gasteiger charge is 2.22. The van der Waals surface area contributed by atoms with Gasteiger partial charge in [0.05, 0.1) is 14.2 Å². The normalized spacial score (nSPS) is 10.7. The Morgan fingerprint density at radius 2 is 1.89 bits per heavy atom. The van der Waals surface area contributed by atoms with Crippen LogP contribution in [0.15, 0.2) is 36.5 Å². The van der Waals surface area contributed by atoms with E-state index in [1.807, 2.05) is 0 Å². The Balaban J connectivity index is 1.94. The van der Waals surface area contributed by atoms with Gasteiger partial charge < -0.3 is 19.9 Å². The second-order valence-corrected chi connectivity index (χ2v) is 6.09. The Bertz CT molecular complexity index is 1010. The Labute approximate surface area is 159 Å². The molecule has 0 aliphatic rings. The van der Waals surface area contributed by atoms with Crippen LogP contribution in [0, 0.1) is 5.82 Å². The van der Waals surface area contributed by atoms with Gasteiger partial charge >= 0.3 is 0 Å². The third kappa shape index (κ3) is 3.59. The van der Waals surface area contributed by atoms with Crippen molar-refractivity contribution in [2.75, 3.05) is 14.2 Å². The van der Waals surface area contributed by atoms with Crippen molar-refractivity contribution in [2.45, 2.75) is 6.54 Å². The van der Waals surface area contributed by atoms with Crippen LogP contribution in [0.4, 0.5) is 4.39 Å². The van der Waals surface area contributed by atoms with Crippen molar-refractivity contribution >= 4 is 28.4 Å². The molecule has 3 rings (SSSR count). The third-order valence-corrected chi connectivity index (χ3v) is 4.27. The molecule has 0 spiro atoms. The number of ether oxygens (including phenoxy) is 2. The molecule has 0 radical (unpaired) electrons. The summed E-state index contributed by atoms with van der Waals surface area (Å²) in [6.45, 7) is 0.230. The minimum Gasteiger partial charge on any atom is -0.506 e. The fourth-order valence-corrected chi connectivity index (χ4v) is 2.79. The molecule has 1 amide bonds. The van der Waals surface area contributed by atoms with Crippen LogP contribution in [0.3, 0.4) is 0 Å². The fraction of sp³-hybridized carbons (Fsp3) is 0.158. The van der Waals surface area contributed by atoms with Crippen LogP contribution in [-0.2, 0) is 6.54 Å². The van der Waals surface area contributed by atoms with E-state index in [9.17, 15) is 14.3 Å². The lowest BCUT2D eigenvalue weighted by atomic mass is 10.1. The van der Waals surface area contributed by atoms with Crippen molar-refractivity contribution in [1.82, 2.24) is 10.3 Å². The lowest BCUT2D eigenvalue weighted by Crippen LogP contribution is -2.23. The van der Waals surface area contributed by atoms with E-state index in [-0.39, 0.29) is 34.5 Å². The average Bonchev–Trinajstić information content (AvgIpc) is 2.67. The first kappa shape index (κ1) is 18.7. The number of pyridine rings is 1. The Hall–Kier alpha value is -3.06. The van der Waals surface area contributed by atoms with E-state index in [2.05, 4.69) is 10.3 Å². The topological polar surface area (TPSA) is 80.7 Å². The van der Waals surface area contributed by atoms with Crippen LogP contribution in [0.2, 0.25) is 5.02 Å². The number of hydrogen-bond donors (Lipinski definition) is 2. The minimum absolute atomic E-state index is 0.0379. The number of nitrogens with one attached hydrogen (secondary N) is 1. The minimum atomic E-state index is -0.738. The van der Waals surface area contributed by atoms with Gasteiger partial charge in [-0.2, -0.15) is 0 Å². The Kier molecular flexibility index (Phi) is 5.32. The molecule has 0 saturated heterocycles. The van der Waals surface area contributed by atoms with Crippen molar-refractivity contribution in [3.8, 4) is 17.2 Å². The van der Waals surface area contributed by atoms with E-state index in [4.69, 9.17) is 21.1 Å². The molecule has 2 aromatic carbocycles. The van der Waals surface area contributed by atoms with Crippen molar-refractivity contribution in [2.24, 2.45) is 0 Å². The summed E-state index contributed by atoms with van der Waals surface area (Å²) in [5.74, 6) is -1.77. The molecule has 0 unspecified atom stereocenters. The molecule has 8 heteroatoms. The van der Waals surface area contributed by atoms with Crippen LogP contribution in [0.1, 0.15) is 15.9 Å². The third-order valence-electron chi connectivity index (χ3n) is 4.02. The lowest BCUT2D eigenvalue weighted by molar-refractivity contribution is 0.0948. The molecule has 140 valence electrons. The highest BCUT2D eigenvalue weighted by Crippen LogP contribution is 2.40. The molecule has 6 nitrogen and oxygen atoms in total. The number of benzene rings is 2. The van der Waals surface area contributed by atoms with E-state index in [0.29, 0.717) is 5.02 Å². The number of carbonyl (C=O) groups is 1. The fourth-order valence-electron chi connectivity index (χ4n) is 2.67. The van der Waals surface area contributed by atoms with E-state index in [1.165, 1.54) is 20.4 Å². The first-order valence-electron chi connectivity index (χ1n) is 7.91. The highest BCUT2D eigenvalue weighted by molar-refractivity contribution is 6.30. The smallest absolute Gasteiger partial charge is 0.256 e. The van der Waals surface area contributed by atoms with Crippen molar-refractivity contribution in [3.63, 3.8) is 0 Å². The average molecular weight is 391 g/mol. The first-order valence-corrected chi connectivity index (χ1v) is 8.28. The maximum atomic E-state index is 14.2. The zero-order chi connectivity index (χ0) is 19.6. The zero-order valence-electron chi connectivity index (χ0n) is 14.5. The van der Waals surface area contributed by atoms with Crippen LogP contribution >= 0.6 is 11.6 Å². The second kappa shape index (κ2) is 7.67. The largest absolute Gasteiger partial charge is 0.506 e. The second-order valence-electron chi connectivity index (χ2n) is 5.65. The number of rotatable bonds is 5. The molecule has 0 atom stereocenters. The van der Waals surface area contributed by atoms with Gasteiger partial charge in [0.15, 0.2) is 17.3 Å². The van der Waals surface area contributed by atoms with Gasteiger partial charge in [-0.1, -0.05) is 23.7 Å². The standard InChI is InChI=1S/C19H16ClFN2O4/c1-26-17-14(21)7-12-15(18(17)27-2)22-9-13(16(12)24)19(25)23-8-10-3-5-11(20)6-4-10/h3-7,9H,8H2,1-2H3,(H,22,24)(H,23,25). The number of aromatic hydroxyl groups is 1. The van der Waals surface area contributed by atoms with E-state index < -0.39 is 17.5 Å². The van der Waals surface area contributed by atoms with Gasteiger partial charge in [-0.3, -0.25) is 9.78 Å². The molecule has 3 aromatic rings. The number of nitrogens with zero attached hydrogens (tertiary/aromatic N) is 1. The monoisotopic (exact) mass is 390 g/mol. The molecule has 1 heterocycles. The zero-order valence-corrected chi connectivity index (χ0v) is 15.3. The molecular weight excluding hydrogens is 375 g/mol. The van der Waals surface area contributed by atoms with Gasteiger partial charge in [0.25, 0.3) is 5.91 Å². The predicted molar refractivity (Wildman–Crippen MR) is 99.1 cm³/mol. The van der Waals surface area contributed by atoms with Gasteiger partial charge in [0.2, 0.25) is 0 Å². The van der Waals surface area contributed by atoms with Gasteiger partial charge in [-0.25, -0.2) is 4.39 Å². The van der Waals surface area contributed by atoms with Crippen LogP contribution in [-0.4, -0.2) is 30.2 Å². The highest BCUT2D eigenvalue weighted by atomic mass is 35.5. The molecule has 0 aliphatic heterocycles. The number of carbonyl (C=O) groups excluding carboxylic acids is 1. The number of methoxy groups -OCH3 is 2. The SMILES string of the molecule is COc1c(F)cc2c(O)c(C(=O)NCc3ccc(Cl)cc3)cnc2c1OC. The summed E-state index contributed by atoms with van der Waals surface area (Å²) < 4.78 is 24.4. The molecule has 0 fully saturated rings. The number of halogens is 2. The van der Waals surface area contributed by atoms with Crippen molar-refractivity contribution in [1.29, 1.82) is 0 Å². The predicted octanol–water partition coefficient (Wildman–Crippen LogP) is 3.68. The molecule has 0 aliphatic carbocycles. The summed E-state index contributed by atoms with van der Waals surface area (Å²) in [7, 11) is 2.63. The summed E-state index contributed by atoms with van der Waals surface area (Å²) in [5, 5.41) is 13.8. The van der Waals surface area contributed by atoms with Gasteiger partial charge in [-0.15, -0.1) is 0 Å². The van der Waals surface area contributed by atoms with Crippen molar-refractivity contribution in [3.05, 3.63) is 58.5 Å². The lowest BCUT2D eigenvalue weighted by Gasteiger charge is -2.13. The summed E-state index contributed by atoms with van der Waals surface area (Å²) in [6.07, 6.45) is 1.20. The molecule has 2 N–H and O–H groups in total. The molecule has 27 heavy (non-hydrogen) atoms. The Morgan fingerprint density at radius 3 is 2.52 bits per heavy atom. The maximum Gasteiger partial charge on any atom is 0.256 e. The molecule has 1 aromatic heterocycles. The van der Waals surface area contributed by atoms with E-state index in [1.54, 1.807) is 24.3 Å². The molecule has 0 bridgehead atoms. The van der Waals surface area contributed by atoms with Gasteiger partial charge in [0.1, 0.15) is 16.8 Å². The summed E-state index contributed by atoms with van der Waals surface area (Å²) in [5.41, 5.74) is 0.934. The van der Waals surface area contributed by atoms with Crippen molar-refractivity contribution < 1.29 is 23.8 Å². The molecular formula is C19H16ClFN2O4. The summed E-state index contributed by atoms with van der Waals surface area (Å²) in [6, 6.07) is 8.01. The quantitative estimate of drug-likeness (QED) is 0.694. The van der Waals surface area contributed by atoms with Gasteiger partial charge in [-0.05, 0) is 23.8 Å². The number of aromatic nitrogens is 1. The van der Waals surface area contributed by atoms with E-state index in [0.717, 1.165) is 11.6 Å². The first-order chi connectivity index (χ1) is 13.0.